The molecule has 1 aromatic carbocycles. The van der Waals surface area contributed by atoms with Gasteiger partial charge in [-0.05, 0) is 136 Å². The van der Waals surface area contributed by atoms with Gasteiger partial charge in [-0.1, -0.05) is 51.5 Å². The predicted octanol–water partition coefficient (Wildman–Crippen LogP) is -2.24. The topological polar surface area (TPSA) is 486 Å². The molecule has 0 unspecified atom stereocenters. The first kappa shape index (κ1) is 77.1. The Hall–Kier alpha value is -4.05. The molecule has 34 atom stereocenters. The van der Waals surface area contributed by atoms with Crippen LogP contribution in [0.15, 0.2) is 42.0 Å². The predicted molar refractivity (Wildman–Crippen MR) is 337 cm³/mol. The van der Waals surface area contributed by atoms with Crippen LogP contribution in [0.1, 0.15) is 112 Å². The number of carbonyl (C=O) groups excluding carboxylic acids is 2. The number of aliphatic carboxylic acids is 1. The van der Waals surface area contributed by atoms with Crippen LogP contribution in [0.25, 0.3) is 6.08 Å². The van der Waals surface area contributed by atoms with Crippen molar-refractivity contribution in [2.75, 3.05) is 33.5 Å². The van der Waals surface area contributed by atoms with Gasteiger partial charge in [0.25, 0.3) is 0 Å². The van der Waals surface area contributed by atoms with Gasteiger partial charge in [0, 0.05) is 11.5 Å². The first-order chi connectivity index (χ1) is 47.1. The number of methoxy groups -OCH3 is 1. The fraction of sp³-hybridized carbons (Fsp3) is 0.812. The van der Waals surface area contributed by atoms with Gasteiger partial charge in [0.15, 0.2) is 37.4 Å². The normalized spacial score (nSPS) is 49.4. The van der Waals surface area contributed by atoms with E-state index in [0.717, 1.165) is 11.6 Å². The molecule has 100 heavy (non-hydrogen) atoms. The molecule has 0 amide bonds. The highest BCUT2D eigenvalue weighted by molar-refractivity contribution is 5.87. The first-order valence-corrected chi connectivity index (χ1v) is 34.6. The second-order valence-electron chi connectivity index (χ2n) is 31.0. The number of ether oxygens (including phenoxy) is 12. The van der Waals surface area contributed by atoms with Crippen LogP contribution in [0.2, 0.25) is 0 Å². The highest BCUT2D eigenvalue weighted by Gasteiger charge is 2.74. The zero-order valence-electron chi connectivity index (χ0n) is 57.3. The third-order valence-corrected chi connectivity index (χ3v) is 24.8. The lowest BCUT2D eigenvalue weighted by molar-refractivity contribution is -0.380. The van der Waals surface area contributed by atoms with E-state index in [4.69, 9.17) is 56.8 Å². The number of aliphatic hydroxyl groups is 15. The van der Waals surface area contributed by atoms with Crippen molar-refractivity contribution in [1.29, 1.82) is 0 Å². The molecule has 4 saturated carbocycles. The summed E-state index contributed by atoms with van der Waals surface area (Å²) in [6.07, 6.45) is -37.2. The van der Waals surface area contributed by atoms with Gasteiger partial charge in [0.05, 0.1) is 62.7 Å². The molecule has 5 aliphatic carbocycles. The van der Waals surface area contributed by atoms with Crippen molar-refractivity contribution in [3.8, 4) is 5.75 Å². The van der Waals surface area contributed by atoms with Crippen LogP contribution < -0.4 is 4.74 Å². The highest BCUT2D eigenvalue weighted by Crippen LogP contribution is 2.76. The fourth-order valence-corrected chi connectivity index (χ4v) is 19.1. The Balaban J connectivity index is 0.855. The van der Waals surface area contributed by atoms with Crippen molar-refractivity contribution in [2.45, 2.75) is 266 Å². The van der Waals surface area contributed by atoms with E-state index >= 15 is 4.79 Å². The summed E-state index contributed by atoms with van der Waals surface area (Å²) >= 11 is 0. The molecule has 0 aromatic heterocycles. The van der Waals surface area contributed by atoms with Crippen molar-refractivity contribution >= 4 is 24.0 Å². The smallest absolute Gasteiger partial charge is 0.331 e. The quantitative estimate of drug-likeness (QED) is 0.0320. The Labute approximate surface area is 578 Å². The number of hydrogen-bond donors (Lipinski definition) is 16. The number of fused-ring (bicyclic) bond motifs is 7. The van der Waals surface area contributed by atoms with E-state index < -0.39 is 236 Å². The van der Waals surface area contributed by atoms with Crippen LogP contribution in [0.5, 0.6) is 5.75 Å². The standard InChI is InChI=1S/C69H102O31/c1-29-52(96-57-51(85)54(36(74)27-90-57)97-59-47(81)44(78)42(76)37(25-70)93-59)46(80)49(83)58(91-29)98-55-50(84)53(95-41(75)16-11-31-9-12-32(89-8)13-10-31)30(2)92-61(55)100-63(88)68-20-19-64(3,4)23-34(68)33-14-15-39-65(5)24-35(73)56(99-60-48(82)45(79)43(77)38(26-71)94-60)67(7,62(86)87)40(65)17-18-66(39,6)69(33,28-72)22-21-68/h9-14,16,29-30,34-40,42-61,70-74,76-85H,15,17-28H2,1-8H3,(H,86,87)/t29-,30+,34-,35-,36+,37+,38+,39+,40+,42-,43+,44-,45-,46-,47+,48+,49+,50-,51+,52-,53-,54-,55+,56-,57-,58-,59-,60-,61-,65+,66+,67-,68-,69-/m0/s1. The van der Waals surface area contributed by atoms with Crippen molar-refractivity contribution in [2.24, 2.45) is 50.2 Å². The molecule has 9 fully saturated rings. The molecule has 11 rings (SSSR count). The third-order valence-electron chi connectivity index (χ3n) is 24.8. The number of hydrogen-bond acceptors (Lipinski definition) is 30. The van der Waals surface area contributed by atoms with Crippen LogP contribution in [0, 0.1) is 50.2 Å². The molecule has 564 valence electrons. The van der Waals surface area contributed by atoms with Crippen molar-refractivity contribution in [3.63, 3.8) is 0 Å². The molecule has 0 spiro atoms. The summed E-state index contributed by atoms with van der Waals surface area (Å²) in [5.74, 6) is -4.08. The van der Waals surface area contributed by atoms with Crippen LogP contribution in [-0.2, 0) is 66.5 Å². The molecule has 16 N–H and O–H groups in total. The molecule has 5 aliphatic heterocycles. The Bertz CT molecular complexity index is 3100. The number of carboxylic acids is 1. The molecule has 10 aliphatic rings. The van der Waals surface area contributed by atoms with Gasteiger partial charge < -0.3 is 139 Å². The number of carboxylic acid groups (broad SMARTS) is 1. The van der Waals surface area contributed by atoms with Crippen LogP contribution in [0.3, 0.4) is 0 Å². The SMILES string of the molecule is COc1ccc(C=CC(=O)O[C@@H]2[C@H](O)[C@@H](O[C@@H]3O[C@@H](C)[C@H](O[C@@H]4OC[C@@H](O)[C@H](O[C@@H]5O[C@H](CO)[C@H](O)[C@H](O)[C@H]5O)[C@H]4O)[C@@H](O)[C@H]3O)[C@H](OC(=O)[C@]34CCC(C)(C)C[C@H]3C3=CC[C@@H]5[C@@]6(C)C[C@H](O)[C@H](O[C@@H]7O[C@H](CO)[C@@H](O)[C@H](O)[C@H]7O)[C@@](C)(C(=O)O)[C@@H]6CC[C@@]5(C)[C@]3(CO)CC4)O[C@@H]2C)cc1. The van der Waals surface area contributed by atoms with E-state index in [0.29, 0.717) is 37.0 Å². The minimum Gasteiger partial charge on any atom is -0.497 e. The first-order valence-electron chi connectivity index (χ1n) is 34.6. The van der Waals surface area contributed by atoms with Gasteiger partial charge in [-0.15, -0.1) is 0 Å². The number of rotatable bonds is 18. The summed E-state index contributed by atoms with van der Waals surface area (Å²) < 4.78 is 71.2. The van der Waals surface area contributed by atoms with Crippen LogP contribution >= 0.6 is 0 Å². The minimum atomic E-state index is -2.08. The minimum absolute atomic E-state index is 0.00578. The third kappa shape index (κ3) is 13.3. The number of esters is 2. The number of aliphatic hydroxyl groups excluding tert-OH is 15. The van der Waals surface area contributed by atoms with Gasteiger partial charge in [0.2, 0.25) is 6.29 Å². The summed E-state index contributed by atoms with van der Waals surface area (Å²) in [5.41, 5.74) is -4.91. The van der Waals surface area contributed by atoms with Crippen molar-refractivity contribution < 1.29 is 153 Å². The van der Waals surface area contributed by atoms with Gasteiger partial charge in [-0.25, -0.2) is 4.79 Å². The number of carbonyl (C=O) groups is 3. The summed E-state index contributed by atoms with van der Waals surface area (Å²) in [7, 11) is 1.50. The van der Waals surface area contributed by atoms with E-state index in [-0.39, 0.29) is 50.0 Å². The molecule has 0 radical (unpaired) electrons. The second-order valence-corrected chi connectivity index (χ2v) is 31.0. The van der Waals surface area contributed by atoms with E-state index in [2.05, 4.69) is 26.8 Å². The molecular weight excluding hydrogens is 1320 g/mol. The number of allylic oxidation sites excluding steroid dienone is 1. The van der Waals surface area contributed by atoms with Crippen LogP contribution in [0.4, 0.5) is 0 Å². The van der Waals surface area contributed by atoms with Crippen molar-refractivity contribution in [3.05, 3.63) is 47.6 Å². The summed E-state index contributed by atoms with van der Waals surface area (Å²) in [4.78, 5) is 43.5. The van der Waals surface area contributed by atoms with Gasteiger partial charge in [0.1, 0.15) is 103 Å². The average molecular weight is 1430 g/mol. The highest BCUT2D eigenvalue weighted by atomic mass is 16.8. The fourth-order valence-electron chi connectivity index (χ4n) is 19.1. The maximum Gasteiger partial charge on any atom is 0.331 e. The van der Waals surface area contributed by atoms with E-state index in [1.54, 1.807) is 24.3 Å². The van der Waals surface area contributed by atoms with E-state index in [1.165, 1.54) is 34.0 Å². The van der Waals surface area contributed by atoms with E-state index in [9.17, 15) is 91.3 Å². The lowest BCUT2D eigenvalue weighted by atomic mass is 9.33. The van der Waals surface area contributed by atoms with Gasteiger partial charge >= 0.3 is 17.9 Å². The maximum absolute atomic E-state index is 15.9. The molecule has 1 aromatic rings. The molecule has 0 bridgehead atoms. The van der Waals surface area contributed by atoms with Crippen molar-refractivity contribution in [1.82, 2.24) is 0 Å². The maximum atomic E-state index is 15.9. The average Bonchev–Trinajstić information content (AvgIpc) is 0.669. The summed E-state index contributed by atoms with van der Waals surface area (Å²) in [5, 5.41) is 178. The molecule has 5 saturated heterocycles. The Kier molecular flexibility index (Phi) is 22.6. The number of benzene rings is 1. The molecule has 5 heterocycles. The Morgan fingerprint density at radius 3 is 1.75 bits per heavy atom. The zero-order chi connectivity index (χ0) is 72.8. The van der Waals surface area contributed by atoms with E-state index in [1.807, 2.05) is 6.92 Å². The molecule has 31 nitrogen and oxygen atoms in total. The molecular formula is C69H102O31. The molecule has 31 heteroatoms. The van der Waals surface area contributed by atoms with Gasteiger partial charge in [-0.2, -0.15) is 0 Å². The van der Waals surface area contributed by atoms with Gasteiger partial charge in [-0.3, -0.25) is 9.59 Å². The monoisotopic (exact) mass is 1430 g/mol. The lowest BCUT2D eigenvalue weighted by Crippen LogP contribution is -2.71. The van der Waals surface area contributed by atoms with Crippen LogP contribution in [-0.4, -0.2) is 293 Å². The second kappa shape index (κ2) is 29.4. The largest absolute Gasteiger partial charge is 0.497 e. The lowest BCUT2D eigenvalue weighted by Gasteiger charge is -2.71. The summed E-state index contributed by atoms with van der Waals surface area (Å²) in [6, 6.07) is 6.74. The zero-order valence-corrected chi connectivity index (χ0v) is 57.3. The summed E-state index contributed by atoms with van der Waals surface area (Å²) in [6.45, 7) is 10.1. The Morgan fingerprint density at radius 2 is 1.14 bits per heavy atom. The Morgan fingerprint density at radius 1 is 0.570 bits per heavy atom.